The first-order valence-corrected chi connectivity index (χ1v) is 7.75. The molecule has 1 atom stereocenters. The molecule has 122 valence electrons. The highest BCUT2D eigenvalue weighted by Gasteiger charge is 2.33. The number of fused-ring (bicyclic) bond motifs is 1. The summed E-state index contributed by atoms with van der Waals surface area (Å²) in [6, 6.07) is 3.96. The van der Waals surface area contributed by atoms with Gasteiger partial charge in [0.1, 0.15) is 0 Å². The summed E-state index contributed by atoms with van der Waals surface area (Å²) >= 11 is 0. The van der Waals surface area contributed by atoms with Crippen molar-refractivity contribution >= 4 is 5.91 Å². The number of hydrogen-bond acceptors (Lipinski definition) is 4. The third-order valence-corrected chi connectivity index (χ3v) is 4.26. The van der Waals surface area contributed by atoms with E-state index in [1.807, 2.05) is 30.9 Å². The standard InChI is InChI=1S/C17H26N2O3/c1-5-7-17(2,18)16(20)19-8-6-12-9-14(21-3)15(22-4)10-13(12)11-19/h9-10H,5-8,11,18H2,1-4H3. The molecule has 5 heteroatoms. The van der Waals surface area contributed by atoms with Gasteiger partial charge >= 0.3 is 0 Å². The quantitative estimate of drug-likeness (QED) is 0.905. The van der Waals surface area contributed by atoms with Crippen molar-refractivity contribution in [3.63, 3.8) is 0 Å². The average Bonchev–Trinajstić information content (AvgIpc) is 2.52. The molecule has 0 saturated heterocycles. The summed E-state index contributed by atoms with van der Waals surface area (Å²) in [5.41, 5.74) is 7.70. The summed E-state index contributed by atoms with van der Waals surface area (Å²) in [4.78, 5) is 14.5. The number of rotatable bonds is 5. The van der Waals surface area contributed by atoms with Crippen LogP contribution < -0.4 is 15.2 Å². The molecule has 1 unspecified atom stereocenters. The molecule has 5 nitrogen and oxygen atoms in total. The Morgan fingerprint density at radius 2 is 1.86 bits per heavy atom. The van der Waals surface area contributed by atoms with E-state index in [1.54, 1.807) is 14.2 Å². The zero-order chi connectivity index (χ0) is 16.3. The Labute approximate surface area is 132 Å². The van der Waals surface area contributed by atoms with Gasteiger partial charge in [-0.25, -0.2) is 0 Å². The molecule has 1 amide bonds. The minimum atomic E-state index is -0.789. The van der Waals surface area contributed by atoms with Crippen LogP contribution >= 0.6 is 0 Å². The van der Waals surface area contributed by atoms with Crippen molar-refractivity contribution in [2.24, 2.45) is 5.73 Å². The van der Waals surface area contributed by atoms with E-state index >= 15 is 0 Å². The van der Waals surface area contributed by atoms with Crippen LogP contribution in [-0.2, 0) is 17.8 Å². The molecule has 0 aromatic heterocycles. The fourth-order valence-electron chi connectivity index (χ4n) is 3.04. The van der Waals surface area contributed by atoms with Gasteiger partial charge in [-0.1, -0.05) is 13.3 Å². The van der Waals surface area contributed by atoms with Gasteiger partial charge in [0.05, 0.1) is 19.8 Å². The van der Waals surface area contributed by atoms with E-state index in [4.69, 9.17) is 15.2 Å². The van der Waals surface area contributed by atoms with Crippen molar-refractivity contribution in [1.82, 2.24) is 4.90 Å². The maximum Gasteiger partial charge on any atom is 0.242 e. The molecular weight excluding hydrogens is 280 g/mol. The van der Waals surface area contributed by atoms with E-state index in [1.165, 1.54) is 5.56 Å². The predicted molar refractivity (Wildman–Crippen MR) is 86.2 cm³/mol. The van der Waals surface area contributed by atoms with Gasteiger partial charge in [0.2, 0.25) is 5.91 Å². The van der Waals surface area contributed by atoms with Gasteiger partial charge in [-0.15, -0.1) is 0 Å². The largest absolute Gasteiger partial charge is 0.493 e. The number of carbonyl (C=O) groups excluding carboxylic acids is 1. The number of amides is 1. The van der Waals surface area contributed by atoms with Crippen molar-refractivity contribution < 1.29 is 14.3 Å². The number of methoxy groups -OCH3 is 2. The van der Waals surface area contributed by atoms with Crippen molar-refractivity contribution in [3.8, 4) is 11.5 Å². The zero-order valence-corrected chi connectivity index (χ0v) is 13.9. The molecule has 1 aliphatic rings. The highest BCUT2D eigenvalue weighted by Crippen LogP contribution is 2.33. The third-order valence-electron chi connectivity index (χ3n) is 4.26. The number of nitrogens with two attached hydrogens (primary N) is 1. The van der Waals surface area contributed by atoms with Crippen LogP contribution in [0.1, 0.15) is 37.8 Å². The van der Waals surface area contributed by atoms with Crippen molar-refractivity contribution in [3.05, 3.63) is 23.3 Å². The van der Waals surface area contributed by atoms with Crippen LogP contribution in [0, 0.1) is 0 Å². The average molecular weight is 306 g/mol. The summed E-state index contributed by atoms with van der Waals surface area (Å²) < 4.78 is 10.7. The molecule has 1 aromatic rings. The number of ether oxygens (including phenoxy) is 2. The molecule has 22 heavy (non-hydrogen) atoms. The van der Waals surface area contributed by atoms with Gasteiger partial charge in [0.25, 0.3) is 0 Å². The Kier molecular flexibility index (Phi) is 4.96. The topological polar surface area (TPSA) is 64.8 Å². The molecule has 2 N–H and O–H groups in total. The molecule has 0 fully saturated rings. The molecule has 0 saturated carbocycles. The molecule has 0 bridgehead atoms. The minimum absolute atomic E-state index is 0.0229. The lowest BCUT2D eigenvalue weighted by molar-refractivity contribution is -0.137. The second-order valence-electron chi connectivity index (χ2n) is 6.12. The summed E-state index contributed by atoms with van der Waals surface area (Å²) in [5, 5.41) is 0. The Hall–Kier alpha value is -1.75. The predicted octanol–water partition coefficient (Wildman–Crippen LogP) is 2.11. The van der Waals surface area contributed by atoms with E-state index in [-0.39, 0.29) is 5.91 Å². The fraction of sp³-hybridized carbons (Fsp3) is 0.588. The molecule has 2 rings (SSSR count). The van der Waals surface area contributed by atoms with E-state index in [0.29, 0.717) is 25.3 Å². The second-order valence-corrected chi connectivity index (χ2v) is 6.12. The molecule has 1 heterocycles. The first kappa shape index (κ1) is 16.6. The maximum atomic E-state index is 12.6. The zero-order valence-electron chi connectivity index (χ0n) is 13.9. The summed E-state index contributed by atoms with van der Waals surface area (Å²) in [6.07, 6.45) is 2.40. The van der Waals surface area contributed by atoms with Gasteiger partial charge in [-0.05, 0) is 43.0 Å². The van der Waals surface area contributed by atoms with Crippen molar-refractivity contribution in [2.45, 2.75) is 45.2 Å². The van der Waals surface area contributed by atoms with Crippen LogP contribution in [0.3, 0.4) is 0 Å². The second kappa shape index (κ2) is 6.57. The lowest BCUT2D eigenvalue weighted by Crippen LogP contribution is -2.54. The van der Waals surface area contributed by atoms with Crippen LogP contribution in [0.2, 0.25) is 0 Å². The molecule has 1 aliphatic heterocycles. The number of carbonyl (C=O) groups is 1. The molecule has 0 radical (unpaired) electrons. The molecule has 0 aliphatic carbocycles. The Morgan fingerprint density at radius 3 is 2.41 bits per heavy atom. The Balaban J connectivity index is 2.22. The molecule has 0 spiro atoms. The van der Waals surface area contributed by atoms with Gasteiger partial charge in [0.15, 0.2) is 11.5 Å². The SMILES string of the molecule is CCCC(C)(N)C(=O)N1CCc2cc(OC)c(OC)cc2C1. The Morgan fingerprint density at radius 1 is 1.27 bits per heavy atom. The van der Waals surface area contributed by atoms with Crippen LogP contribution in [0.4, 0.5) is 0 Å². The summed E-state index contributed by atoms with van der Waals surface area (Å²) in [5.74, 6) is 1.45. The number of benzene rings is 1. The van der Waals surface area contributed by atoms with Crippen LogP contribution in [-0.4, -0.2) is 37.1 Å². The van der Waals surface area contributed by atoms with Gasteiger partial charge < -0.3 is 20.1 Å². The fourth-order valence-corrected chi connectivity index (χ4v) is 3.04. The van der Waals surface area contributed by atoms with E-state index in [0.717, 1.165) is 24.2 Å². The van der Waals surface area contributed by atoms with Gasteiger partial charge in [0, 0.05) is 13.1 Å². The molecule has 1 aromatic carbocycles. The first-order valence-electron chi connectivity index (χ1n) is 7.75. The number of hydrogen-bond donors (Lipinski definition) is 1. The van der Waals surface area contributed by atoms with Crippen molar-refractivity contribution in [2.75, 3.05) is 20.8 Å². The van der Waals surface area contributed by atoms with Gasteiger partial charge in [-0.3, -0.25) is 4.79 Å². The smallest absolute Gasteiger partial charge is 0.242 e. The maximum absolute atomic E-state index is 12.6. The third kappa shape index (κ3) is 3.19. The van der Waals surface area contributed by atoms with Crippen LogP contribution in [0.25, 0.3) is 0 Å². The van der Waals surface area contributed by atoms with Crippen molar-refractivity contribution in [1.29, 1.82) is 0 Å². The van der Waals surface area contributed by atoms with E-state index in [9.17, 15) is 4.79 Å². The highest BCUT2D eigenvalue weighted by molar-refractivity contribution is 5.86. The van der Waals surface area contributed by atoms with Crippen LogP contribution in [0.5, 0.6) is 11.5 Å². The molecular formula is C17H26N2O3. The normalized spacial score (nSPS) is 16.7. The lowest BCUT2D eigenvalue weighted by Gasteiger charge is -2.35. The Bertz CT molecular complexity index is 555. The highest BCUT2D eigenvalue weighted by atomic mass is 16.5. The van der Waals surface area contributed by atoms with E-state index in [2.05, 4.69) is 0 Å². The van der Waals surface area contributed by atoms with Crippen LogP contribution in [0.15, 0.2) is 12.1 Å². The minimum Gasteiger partial charge on any atom is -0.493 e. The van der Waals surface area contributed by atoms with Gasteiger partial charge in [-0.2, -0.15) is 0 Å². The lowest BCUT2D eigenvalue weighted by atomic mass is 9.92. The monoisotopic (exact) mass is 306 g/mol. The summed E-state index contributed by atoms with van der Waals surface area (Å²) in [7, 11) is 3.25. The first-order chi connectivity index (χ1) is 10.4. The number of nitrogens with zero attached hydrogens (tertiary/aromatic N) is 1. The summed E-state index contributed by atoms with van der Waals surface area (Å²) in [6.45, 7) is 5.13. The van der Waals surface area contributed by atoms with E-state index < -0.39 is 5.54 Å².